The van der Waals surface area contributed by atoms with Crippen LogP contribution in [0.2, 0.25) is 5.02 Å². The Labute approximate surface area is 273 Å². The minimum Gasteiger partial charge on any atom is -0.490 e. The Morgan fingerprint density at radius 2 is 1.98 bits per heavy atom. The molecule has 2 aromatic carbocycles. The zero-order chi connectivity index (χ0) is 31.8. The minimum absolute atomic E-state index is 0.00964. The first-order chi connectivity index (χ1) is 21.4. The van der Waals surface area contributed by atoms with Gasteiger partial charge in [0.1, 0.15) is 15.6 Å². The van der Waals surface area contributed by atoms with Crippen LogP contribution in [0.1, 0.15) is 72.9 Å². The number of carbonyl (C=O) groups is 1. The second-order valence-electron chi connectivity index (χ2n) is 13.6. The number of anilines is 1. The molecule has 2 bridgehead atoms. The molecule has 2 aliphatic heterocycles. The van der Waals surface area contributed by atoms with E-state index >= 15 is 0 Å². The van der Waals surface area contributed by atoms with Crippen molar-refractivity contribution in [3.05, 3.63) is 58.1 Å². The van der Waals surface area contributed by atoms with Gasteiger partial charge in [0.2, 0.25) is 0 Å². The zero-order valence-electron chi connectivity index (χ0n) is 26.1. The lowest BCUT2D eigenvalue weighted by atomic mass is 9.68. The third-order valence-corrected chi connectivity index (χ3v) is 12.9. The van der Waals surface area contributed by atoms with Crippen LogP contribution in [-0.2, 0) is 36.1 Å². The summed E-state index contributed by atoms with van der Waals surface area (Å²) in [6.45, 7) is 2.22. The van der Waals surface area contributed by atoms with Gasteiger partial charge in [0.15, 0.2) is 0 Å². The lowest BCUT2D eigenvalue weighted by Crippen LogP contribution is -2.50. The molecule has 5 atom stereocenters. The van der Waals surface area contributed by atoms with E-state index in [2.05, 4.69) is 27.6 Å². The molecule has 8 nitrogen and oxygen atoms in total. The fourth-order valence-electron chi connectivity index (χ4n) is 7.76. The van der Waals surface area contributed by atoms with Crippen LogP contribution in [-0.4, -0.2) is 74.6 Å². The zero-order valence-corrected chi connectivity index (χ0v) is 28.5. The molecule has 1 fully saturated rings. The summed E-state index contributed by atoms with van der Waals surface area (Å²) in [4.78, 5) is 15.8. The van der Waals surface area contributed by atoms with E-state index < -0.39 is 19.5 Å². The van der Waals surface area contributed by atoms with Crippen molar-refractivity contribution in [3.63, 3.8) is 0 Å². The second kappa shape index (κ2) is 13.1. The highest BCUT2D eigenvalue weighted by Gasteiger charge is 2.44. The number of carbonyl (C=O) groups excluding carboxylic acids is 1. The van der Waals surface area contributed by atoms with Gasteiger partial charge in [0, 0.05) is 50.8 Å². The van der Waals surface area contributed by atoms with Crippen molar-refractivity contribution in [1.29, 1.82) is 0 Å². The quantitative estimate of drug-likeness (QED) is 0.444. The molecule has 4 aliphatic rings. The Hall–Kier alpha value is -2.27. The van der Waals surface area contributed by atoms with E-state index in [1.54, 1.807) is 6.07 Å². The largest absolute Gasteiger partial charge is 0.490 e. The smallest absolute Gasteiger partial charge is 0.262 e. The number of hydrogen-bond acceptors (Lipinski definition) is 7. The third kappa shape index (κ3) is 7.50. The van der Waals surface area contributed by atoms with Crippen LogP contribution in [0.15, 0.2) is 36.4 Å². The van der Waals surface area contributed by atoms with Crippen LogP contribution in [0.3, 0.4) is 0 Å². The van der Waals surface area contributed by atoms with Crippen molar-refractivity contribution in [3.8, 4) is 5.75 Å². The average molecular weight is 677 g/mol. The summed E-state index contributed by atoms with van der Waals surface area (Å²) in [6, 6.07) is 11.7. The first kappa shape index (κ1) is 32.7. The van der Waals surface area contributed by atoms with Crippen molar-refractivity contribution < 1.29 is 26.9 Å². The molecule has 246 valence electrons. The highest BCUT2D eigenvalue weighted by Crippen LogP contribution is 2.47. The van der Waals surface area contributed by atoms with Gasteiger partial charge < -0.3 is 14.4 Å². The van der Waals surface area contributed by atoms with Crippen LogP contribution in [0.25, 0.3) is 0 Å². The topological polar surface area (TPSA) is 102 Å². The molecule has 45 heavy (non-hydrogen) atoms. The maximum Gasteiger partial charge on any atom is 0.262 e. The SMILES string of the molecule is C=S1(=O)CCCCC[C@@H](OCCS(C)(=O)=O)[C@@H]2CC[C@H]2CN2C[C@@]3(CCCc4cc(Cl)ccc43)COc3ccc(cc32)C(=O)N1. The van der Waals surface area contributed by atoms with Gasteiger partial charge in [0.05, 0.1) is 30.8 Å². The number of fused-ring (bicyclic) bond motifs is 4. The molecule has 2 aromatic rings. The van der Waals surface area contributed by atoms with Crippen molar-refractivity contribution in [2.45, 2.75) is 69.3 Å². The van der Waals surface area contributed by atoms with Gasteiger partial charge in [-0.1, -0.05) is 30.5 Å². The molecule has 11 heteroatoms. The minimum atomic E-state index is -3.13. The van der Waals surface area contributed by atoms with Gasteiger partial charge in [-0.2, -0.15) is 0 Å². The molecular weight excluding hydrogens is 632 g/mol. The number of ether oxygens (including phenoxy) is 2. The number of nitrogens with zero attached hydrogens (tertiary/aromatic N) is 1. The van der Waals surface area contributed by atoms with E-state index in [0.29, 0.717) is 36.2 Å². The van der Waals surface area contributed by atoms with Crippen molar-refractivity contribution in [1.82, 2.24) is 4.72 Å². The predicted octanol–water partition coefficient (Wildman–Crippen LogP) is 5.20. The number of halogens is 1. The molecule has 2 heterocycles. The van der Waals surface area contributed by atoms with Crippen molar-refractivity contribution in [2.75, 3.05) is 49.0 Å². The highest BCUT2D eigenvalue weighted by atomic mass is 35.5. The molecule has 2 aliphatic carbocycles. The summed E-state index contributed by atoms with van der Waals surface area (Å²) in [5.41, 5.74) is 3.60. The van der Waals surface area contributed by atoms with Gasteiger partial charge in [-0.15, -0.1) is 0 Å². The molecular formula is C34H45ClN2O6S2. The van der Waals surface area contributed by atoms with Crippen LogP contribution in [0.5, 0.6) is 5.75 Å². The molecule has 1 saturated carbocycles. The number of aryl methyl sites for hydroxylation is 1. The summed E-state index contributed by atoms with van der Waals surface area (Å²) >= 11 is 6.42. The fraction of sp³-hybridized carbons (Fsp3) is 0.588. The number of benzene rings is 2. The fourth-order valence-corrected chi connectivity index (χ4v) is 9.58. The molecule has 0 radical (unpaired) electrons. The van der Waals surface area contributed by atoms with Gasteiger partial charge >= 0.3 is 0 Å². The number of nitrogens with one attached hydrogen (secondary N) is 1. The molecule has 0 saturated heterocycles. The summed E-state index contributed by atoms with van der Waals surface area (Å²) < 4.78 is 52.7. The Bertz CT molecular complexity index is 1650. The second-order valence-corrected chi connectivity index (χ2v) is 18.6. The highest BCUT2D eigenvalue weighted by molar-refractivity contribution is 7.99. The average Bonchev–Trinajstić information content (AvgIpc) is 3.10. The van der Waals surface area contributed by atoms with Crippen LogP contribution < -0.4 is 14.4 Å². The summed E-state index contributed by atoms with van der Waals surface area (Å²) in [6.07, 6.45) is 9.50. The van der Waals surface area contributed by atoms with Crippen molar-refractivity contribution >= 4 is 48.6 Å². The monoisotopic (exact) mass is 676 g/mol. The number of hydrogen-bond donors (Lipinski definition) is 1. The molecule has 1 amide bonds. The Balaban J connectivity index is 1.37. The van der Waals surface area contributed by atoms with E-state index in [1.165, 1.54) is 17.4 Å². The van der Waals surface area contributed by atoms with Gasteiger partial charge in [0.25, 0.3) is 5.91 Å². The van der Waals surface area contributed by atoms with E-state index in [0.717, 1.165) is 80.9 Å². The van der Waals surface area contributed by atoms with Gasteiger partial charge in [-0.3, -0.25) is 9.52 Å². The number of sulfone groups is 1. The molecule has 0 aromatic heterocycles. The van der Waals surface area contributed by atoms with E-state index in [9.17, 15) is 17.4 Å². The van der Waals surface area contributed by atoms with E-state index in [1.807, 2.05) is 18.2 Å². The maximum absolute atomic E-state index is 13.4. The van der Waals surface area contributed by atoms with Crippen LogP contribution >= 0.6 is 11.6 Å². The van der Waals surface area contributed by atoms with Crippen LogP contribution in [0, 0.1) is 11.8 Å². The van der Waals surface area contributed by atoms with Gasteiger partial charge in [-0.05, 0) is 104 Å². The third-order valence-electron chi connectivity index (χ3n) is 10.2. The summed E-state index contributed by atoms with van der Waals surface area (Å²) in [5.74, 6) is 5.18. The first-order valence-electron chi connectivity index (χ1n) is 16.2. The number of rotatable bonds is 4. The lowest BCUT2D eigenvalue weighted by molar-refractivity contribution is -0.0416. The first-order valence-corrected chi connectivity index (χ1v) is 20.5. The molecule has 1 unspecified atom stereocenters. The Morgan fingerprint density at radius 1 is 1.13 bits per heavy atom. The molecule has 1 N–H and O–H groups in total. The normalized spacial score (nSPS) is 30.7. The standard InChI is InChI=1S/C34H45ClN2O6S2/c1-44(39)17-5-3-4-8-31(42-16-18-45(2,40)41)28-12-9-26(28)21-37-22-34(15-6-7-24-19-27(35)11-13-29(24)34)23-43-32-14-10-25(20-30(32)37)33(38)36-44/h10-11,13-14,19-20,26,28,31H,1,3-9,12,15-18,21-23H2,2H3,(H,36,38,39)/t26-,28+,31+,34-,44?/m0/s1. The maximum atomic E-state index is 13.4. The van der Waals surface area contributed by atoms with E-state index in [4.69, 9.17) is 21.1 Å². The predicted molar refractivity (Wildman–Crippen MR) is 182 cm³/mol. The summed E-state index contributed by atoms with van der Waals surface area (Å²) in [5, 5.41) is 0.741. The van der Waals surface area contributed by atoms with Crippen molar-refractivity contribution in [2.24, 2.45) is 11.8 Å². The van der Waals surface area contributed by atoms with Crippen LogP contribution in [0.4, 0.5) is 5.69 Å². The Morgan fingerprint density at radius 3 is 2.76 bits per heavy atom. The molecule has 6 rings (SSSR count). The van der Waals surface area contributed by atoms with Gasteiger partial charge in [-0.25, -0.2) is 12.6 Å². The lowest BCUT2D eigenvalue weighted by Gasteiger charge is -2.46. The van der Waals surface area contributed by atoms with E-state index in [-0.39, 0.29) is 29.8 Å². The number of amides is 1. The summed E-state index contributed by atoms with van der Waals surface area (Å²) in [7, 11) is -5.94. The molecule has 1 spiro atoms. The Kier molecular flexibility index (Phi) is 9.50.